The third-order valence-corrected chi connectivity index (χ3v) is 3.68. The van der Waals surface area contributed by atoms with Crippen LogP contribution in [0.25, 0.3) is 0 Å². The maximum absolute atomic E-state index is 10.1. The van der Waals surface area contributed by atoms with Crippen molar-refractivity contribution in [3.8, 4) is 0 Å². The quantitative estimate of drug-likeness (QED) is 0.644. The molecule has 2 aliphatic heterocycles. The molecule has 2 aliphatic rings. The van der Waals surface area contributed by atoms with Gasteiger partial charge in [-0.25, -0.2) is 0 Å². The van der Waals surface area contributed by atoms with Crippen LogP contribution in [-0.2, 0) is 0 Å². The minimum absolute atomic E-state index is 0.136. The van der Waals surface area contributed by atoms with E-state index >= 15 is 0 Å². The minimum Gasteiger partial charge on any atom is -0.391 e. The summed E-state index contributed by atoms with van der Waals surface area (Å²) in [7, 11) is 2.16. The average molecular weight is 213 g/mol. The highest BCUT2D eigenvalue weighted by atomic mass is 16.3. The topological polar surface area (TPSA) is 38.7 Å². The van der Waals surface area contributed by atoms with Gasteiger partial charge in [-0.05, 0) is 25.9 Å². The Balaban J connectivity index is 1.71. The Hall–Kier alpha value is -0.160. The summed E-state index contributed by atoms with van der Waals surface area (Å²) in [5.41, 5.74) is 0. The molecule has 88 valence electrons. The van der Waals surface area contributed by atoms with Gasteiger partial charge in [0.2, 0.25) is 0 Å². The van der Waals surface area contributed by atoms with E-state index in [2.05, 4.69) is 22.2 Å². The van der Waals surface area contributed by atoms with E-state index in [0.29, 0.717) is 5.92 Å². The molecule has 0 aromatic heterocycles. The minimum atomic E-state index is -0.136. The molecule has 4 heteroatoms. The molecule has 0 amide bonds. The third-order valence-electron chi connectivity index (χ3n) is 3.68. The Bertz CT molecular complexity index is 186. The highest BCUT2D eigenvalue weighted by molar-refractivity contribution is 4.81. The molecule has 2 unspecified atom stereocenters. The molecular weight excluding hydrogens is 190 g/mol. The number of piperazine rings is 1. The number of nitrogens with one attached hydrogen (secondary N) is 1. The Morgan fingerprint density at radius 3 is 2.67 bits per heavy atom. The smallest absolute Gasteiger partial charge is 0.0707 e. The predicted molar refractivity (Wildman–Crippen MR) is 60.9 cm³/mol. The molecule has 0 spiro atoms. The first-order valence-corrected chi connectivity index (χ1v) is 6.05. The lowest BCUT2D eigenvalue weighted by Gasteiger charge is -2.34. The molecule has 2 saturated heterocycles. The zero-order valence-corrected chi connectivity index (χ0v) is 9.65. The SMILES string of the molecule is CN1CCN(CC(O)C2CCNC2)CC1. The third kappa shape index (κ3) is 3.14. The molecule has 0 bridgehead atoms. The Morgan fingerprint density at radius 2 is 2.07 bits per heavy atom. The highest BCUT2D eigenvalue weighted by Gasteiger charge is 2.25. The summed E-state index contributed by atoms with van der Waals surface area (Å²) in [6.07, 6.45) is 0.998. The van der Waals surface area contributed by atoms with E-state index in [9.17, 15) is 5.11 Å². The van der Waals surface area contributed by atoms with Crippen LogP contribution < -0.4 is 5.32 Å². The van der Waals surface area contributed by atoms with Gasteiger partial charge in [0, 0.05) is 39.3 Å². The van der Waals surface area contributed by atoms with Crippen molar-refractivity contribution in [3.63, 3.8) is 0 Å². The lowest BCUT2D eigenvalue weighted by molar-refractivity contribution is 0.0505. The van der Waals surface area contributed by atoms with Gasteiger partial charge in [0.05, 0.1) is 6.10 Å². The normalized spacial score (nSPS) is 32.0. The van der Waals surface area contributed by atoms with Gasteiger partial charge in [-0.3, -0.25) is 4.90 Å². The molecule has 0 aliphatic carbocycles. The van der Waals surface area contributed by atoms with Gasteiger partial charge >= 0.3 is 0 Å². The summed E-state index contributed by atoms with van der Waals surface area (Å²) < 4.78 is 0. The van der Waals surface area contributed by atoms with Gasteiger partial charge < -0.3 is 15.3 Å². The van der Waals surface area contributed by atoms with E-state index in [1.165, 1.54) is 0 Å². The van der Waals surface area contributed by atoms with Crippen LogP contribution in [0.1, 0.15) is 6.42 Å². The zero-order valence-electron chi connectivity index (χ0n) is 9.65. The van der Waals surface area contributed by atoms with Gasteiger partial charge in [-0.15, -0.1) is 0 Å². The van der Waals surface area contributed by atoms with Crippen LogP contribution in [0, 0.1) is 5.92 Å². The van der Waals surface area contributed by atoms with Crippen molar-refractivity contribution in [1.82, 2.24) is 15.1 Å². The first-order chi connectivity index (χ1) is 7.25. The van der Waals surface area contributed by atoms with Crippen molar-refractivity contribution < 1.29 is 5.11 Å². The maximum Gasteiger partial charge on any atom is 0.0707 e. The Morgan fingerprint density at radius 1 is 1.33 bits per heavy atom. The molecule has 0 saturated carbocycles. The van der Waals surface area contributed by atoms with Gasteiger partial charge in [-0.1, -0.05) is 0 Å². The fraction of sp³-hybridized carbons (Fsp3) is 1.00. The zero-order chi connectivity index (χ0) is 10.7. The summed E-state index contributed by atoms with van der Waals surface area (Å²) in [5.74, 6) is 0.477. The first kappa shape index (κ1) is 11.3. The molecule has 0 aromatic rings. The van der Waals surface area contributed by atoms with E-state index < -0.39 is 0 Å². The highest BCUT2D eigenvalue weighted by Crippen LogP contribution is 2.14. The summed E-state index contributed by atoms with van der Waals surface area (Å²) >= 11 is 0. The van der Waals surface area contributed by atoms with E-state index in [1.54, 1.807) is 0 Å². The second kappa shape index (κ2) is 5.25. The van der Waals surface area contributed by atoms with Crippen molar-refractivity contribution in [2.24, 2.45) is 5.92 Å². The fourth-order valence-corrected chi connectivity index (χ4v) is 2.45. The van der Waals surface area contributed by atoms with E-state index in [1.807, 2.05) is 0 Å². The van der Waals surface area contributed by atoms with Gasteiger partial charge in [0.15, 0.2) is 0 Å². The summed E-state index contributed by atoms with van der Waals surface area (Å²) in [4.78, 5) is 4.74. The molecule has 2 atom stereocenters. The molecule has 2 fully saturated rings. The monoisotopic (exact) mass is 213 g/mol. The number of aliphatic hydroxyl groups excluding tert-OH is 1. The first-order valence-electron chi connectivity index (χ1n) is 6.05. The van der Waals surface area contributed by atoms with Crippen molar-refractivity contribution in [2.75, 3.05) is 52.9 Å². The number of hydrogen-bond acceptors (Lipinski definition) is 4. The summed E-state index contributed by atoms with van der Waals surface area (Å²) in [6, 6.07) is 0. The fourth-order valence-electron chi connectivity index (χ4n) is 2.45. The number of hydrogen-bond donors (Lipinski definition) is 2. The van der Waals surface area contributed by atoms with E-state index in [-0.39, 0.29) is 6.10 Å². The second-order valence-corrected chi connectivity index (χ2v) is 4.92. The van der Waals surface area contributed by atoms with Crippen LogP contribution in [0.5, 0.6) is 0 Å². The predicted octanol–water partition coefficient (Wildman–Crippen LogP) is -0.796. The number of nitrogens with zero attached hydrogens (tertiary/aromatic N) is 2. The standard InChI is InChI=1S/C11H23N3O/c1-13-4-6-14(7-5-13)9-11(15)10-2-3-12-8-10/h10-12,15H,2-9H2,1H3. The van der Waals surface area contributed by atoms with Crippen LogP contribution in [0.4, 0.5) is 0 Å². The Kier molecular flexibility index (Phi) is 3.97. The van der Waals surface area contributed by atoms with E-state index in [4.69, 9.17) is 0 Å². The van der Waals surface area contributed by atoms with Crippen LogP contribution in [0.3, 0.4) is 0 Å². The lowest BCUT2D eigenvalue weighted by atomic mass is 10.0. The molecule has 2 rings (SSSR count). The van der Waals surface area contributed by atoms with Crippen molar-refractivity contribution in [2.45, 2.75) is 12.5 Å². The van der Waals surface area contributed by atoms with Crippen molar-refractivity contribution in [3.05, 3.63) is 0 Å². The van der Waals surface area contributed by atoms with Crippen LogP contribution in [0.2, 0.25) is 0 Å². The number of β-amino-alcohol motifs (C(OH)–C–C–N with tert-alkyl or cyclic N) is 1. The van der Waals surface area contributed by atoms with E-state index in [0.717, 1.165) is 52.2 Å². The summed E-state index contributed by atoms with van der Waals surface area (Å²) in [5, 5.41) is 13.4. The molecule has 2 N–H and O–H groups in total. The Labute approximate surface area is 92.2 Å². The number of aliphatic hydroxyl groups is 1. The molecular formula is C11H23N3O. The summed E-state index contributed by atoms with van der Waals surface area (Å²) in [6.45, 7) is 7.41. The molecule has 0 aromatic carbocycles. The number of rotatable bonds is 3. The molecule has 0 radical (unpaired) electrons. The molecule has 15 heavy (non-hydrogen) atoms. The van der Waals surface area contributed by atoms with Gasteiger partial charge in [0.25, 0.3) is 0 Å². The largest absolute Gasteiger partial charge is 0.391 e. The second-order valence-electron chi connectivity index (χ2n) is 4.92. The van der Waals surface area contributed by atoms with Crippen molar-refractivity contribution in [1.29, 1.82) is 0 Å². The van der Waals surface area contributed by atoms with Crippen LogP contribution in [-0.4, -0.2) is 73.9 Å². The van der Waals surface area contributed by atoms with Gasteiger partial charge in [0.1, 0.15) is 0 Å². The lowest BCUT2D eigenvalue weighted by Crippen LogP contribution is -2.48. The van der Waals surface area contributed by atoms with Crippen LogP contribution in [0.15, 0.2) is 0 Å². The molecule has 4 nitrogen and oxygen atoms in total. The van der Waals surface area contributed by atoms with Crippen molar-refractivity contribution >= 4 is 0 Å². The maximum atomic E-state index is 10.1. The number of likely N-dealkylation sites (N-methyl/N-ethyl adjacent to an activating group) is 1. The molecule has 2 heterocycles. The van der Waals surface area contributed by atoms with Gasteiger partial charge in [-0.2, -0.15) is 0 Å². The average Bonchev–Trinajstić information content (AvgIpc) is 2.74. The van der Waals surface area contributed by atoms with Crippen LogP contribution >= 0.6 is 0 Å².